The van der Waals surface area contributed by atoms with Crippen LogP contribution in [-0.4, -0.2) is 32.7 Å². The van der Waals surface area contributed by atoms with E-state index >= 15 is 0 Å². The van der Waals surface area contributed by atoms with Crippen LogP contribution in [0.2, 0.25) is 0 Å². The molecule has 0 aromatic heterocycles. The molecule has 0 bridgehead atoms. The van der Waals surface area contributed by atoms with Gasteiger partial charge in [0.1, 0.15) is 0 Å². The van der Waals surface area contributed by atoms with Crippen LogP contribution in [0.3, 0.4) is 0 Å². The molecule has 6 heteroatoms. The van der Waals surface area contributed by atoms with E-state index < -0.39 is 5.41 Å². The minimum Gasteiger partial charge on any atom is -0.384 e. The first-order valence-corrected chi connectivity index (χ1v) is 7.51. The number of halogens is 2. The predicted molar refractivity (Wildman–Crippen MR) is 91.4 cm³/mol. The first-order valence-electron chi connectivity index (χ1n) is 6.43. The lowest BCUT2D eigenvalue weighted by Gasteiger charge is -2.35. The van der Waals surface area contributed by atoms with E-state index in [0.29, 0.717) is 6.61 Å². The van der Waals surface area contributed by atoms with Gasteiger partial charge in [0.25, 0.3) is 0 Å². The number of ether oxygens (including phenoxy) is 1. The molecule has 112 valence electrons. The third-order valence-electron chi connectivity index (χ3n) is 3.57. The highest BCUT2D eigenvalue weighted by Gasteiger charge is 2.39. The largest absolute Gasteiger partial charge is 0.384 e. The Kier molecular flexibility index (Phi) is 7.22. The first-order chi connectivity index (χ1) is 9.16. The molecule has 2 N–H and O–H groups in total. The highest BCUT2D eigenvalue weighted by atomic mass is 127. The van der Waals surface area contributed by atoms with Gasteiger partial charge < -0.3 is 15.4 Å². The normalized spacial score (nSPS) is 17.1. The summed E-state index contributed by atoms with van der Waals surface area (Å²) < 4.78 is 6.43. The SMILES string of the molecule is COCC1(C(=O)Nc2ccc(I)cc2)CCNCC1.Cl. The molecule has 0 unspecified atom stereocenters. The summed E-state index contributed by atoms with van der Waals surface area (Å²) in [4.78, 5) is 12.5. The number of hydrogen-bond acceptors (Lipinski definition) is 3. The van der Waals surface area contributed by atoms with Gasteiger partial charge in [0.05, 0.1) is 12.0 Å². The standard InChI is InChI=1S/C14H19IN2O2.ClH/c1-19-10-14(6-8-16-9-7-14)13(18)17-12-4-2-11(15)3-5-12;/h2-5,16H,6-10H2,1H3,(H,17,18);1H. The zero-order valence-electron chi connectivity index (χ0n) is 11.4. The Labute approximate surface area is 139 Å². The number of nitrogens with one attached hydrogen (secondary N) is 2. The van der Waals surface area contributed by atoms with Crippen molar-refractivity contribution in [3.63, 3.8) is 0 Å². The topological polar surface area (TPSA) is 50.4 Å². The molecular weight excluding hydrogens is 391 g/mol. The van der Waals surface area contributed by atoms with Crippen molar-refractivity contribution < 1.29 is 9.53 Å². The predicted octanol–water partition coefficient (Wildman–Crippen LogP) is 2.67. The molecule has 1 amide bonds. The smallest absolute Gasteiger partial charge is 0.233 e. The van der Waals surface area contributed by atoms with Crippen molar-refractivity contribution in [2.24, 2.45) is 5.41 Å². The number of rotatable bonds is 4. The van der Waals surface area contributed by atoms with E-state index in [1.165, 1.54) is 0 Å². The summed E-state index contributed by atoms with van der Waals surface area (Å²) in [5, 5.41) is 6.30. The van der Waals surface area contributed by atoms with Crippen LogP contribution in [0.4, 0.5) is 5.69 Å². The third-order valence-corrected chi connectivity index (χ3v) is 4.28. The van der Waals surface area contributed by atoms with Gasteiger partial charge in [-0.1, -0.05) is 0 Å². The van der Waals surface area contributed by atoms with Gasteiger partial charge >= 0.3 is 0 Å². The van der Waals surface area contributed by atoms with Crippen molar-refractivity contribution in [3.05, 3.63) is 27.8 Å². The maximum Gasteiger partial charge on any atom is 0.233 e. The molecule has 0 saturated carbocycles. The molecule has 4 nitrogen and oxygen atoms in total. The van der Waals surface area contributed by atoms with Crippen LogP contribution in [0.5, 0.6) is 0 Å². The van der Waals surface area contributed by atoms with Gasteiger partial charge in [-0.2, -0.15) is 0 Å². The maximum atomic E-state index is 12.5. The minimum atomic E-state index is -0.400. The molecule has 1 saturated heterocycles. The Balaban J connectivity index is 0.00000200. The monoisotopic (exact) mass is 410 g/mol. The molecule has 20 heavy (non-hydrogen) atoms. The van der Waals surface area contributed by atoms with Crippen LogP contribution in [-0.2, 0) is 9.53 Å². The molecule has 1 fully saturated rings. The van der Waals surface area contributed by atoms with E-state index in [1.54, 1.807) is 7.11 Å². The molecule has 1 heterocycles. The summed E-state index contributed by atoms with van der Waals surface area (Å²) in [5.74, 6) is 0.0667. The van der Waals surface area contributed by atoms with Gasteiger partial charge in [-0.15, -0.1) is 12.4 Å². The second-order valence-electron chi connectivity index (χ2n) is 4.92. The Morgan fingerprint density at radius 2 is 1.95 bits per heavy atom. The summed E-state index contributed by atoms with van der Waals surface area (Å²) >= 11 is 2.25. The molecule has 0 radical (unpaired) electrons. The quantitative estimate of drug-likeness (QED) is 0.751. The molecule has 0 atom stereocenters. The fraction of sp³-hybridized carbons (Fsp3) is 0.500. The molecule has 1 aromatic carbocycles. The van der Waals surface area contributed by atoms with Gasteiger partial charge in [-0.3, -0.25) is 4.79 Å². The van der Waals surface area contributed by atoms with Crippen molar-refractivity contribution in [1.29, 1.82) is 0 Å². The van der Waals surface area contributed by atoms with Crippen molar-refractivity contribution in [3.8, 4) is 0 Å². The van der Waals surface area contributed by atoms with Crippen LogP contribution in [0.15, 0.2) is 24.3 Å². The minimum absolute atomic E-state index is 0. The van der Waals surface area contributed by atoms with Gasteiger partial charge in [0.15, 0.2) is 0 Å². The first kappa shape index (κ1) is 17.7. The third kappa shape index (κ3) is 4.31. The molecule has 1 aliphatic heterocycles. The number of amides is 1. The molecule has 1 aromatic rings. The number of hydrogen-bond donors (Lipinski definition) is 2. The number of carbonyl (C=O) groups is 1. The van der Waals surface area contributed by atoms with E-state index in [-0.39, 0.29) is 18.3 Å². The molecule has 2 rings (SSSR count). The molecule has 0 aliphatic carbocycles. The Morgan fingerprint density at radius 1 is 1.35 bits per heavy atom. The number of benzene rings is 1. The van der Waals surface area contributed by atoms with E-state index in [4.69, 9.17) is 4.74 Å². The Hall–Kier alpha value is -0.370. The van der Waals surface area contributed by atoms with Crippen LogP contribution in [0.25, 0.3) is 0 Å². The van der Waals surface area contributed by atoms with Crippen LogP contribution >= 0.6 is 35.0 Å². The lowest BCUT2D eigenvalue weighted by atomic mass is 9.78. The molecule has 0 spiro atoms. The second kappa shape index (κ2) is 8.17. The highest BCUT2D eigenvalue weighted by molar-refractivity contribution is 14.1. The fourth-order valence-corrected chi connectivity index (χ4v) is 2.78. The lowest BCUT2D eigenvalue weighted by molar-refractivity contribution is -0.130. The Morgan fingerprint density at radius 3 is 2.50 bits per heavy atom. The second-order valence-corrected chi connectivity index (χ2v) is 6.17. The van der Waals surface area contributed by atoms with Gasteiger partial charge in [-0.05, 0) is 72.8 Å². The maximum absolute atomic E-state index is 12.5. The van der Waals surface area contributed by atoms with Crippen LogP contribution in [0, 0.1) is 8.99 Å². The number of carbonyl (C=O) groups excluding carboxylic acids is 1. The molecular formula is C14H20ClIN2O2. The van der Waals surface area contributed by atoms with Gasteiger partial charge in [-0.25, -0.2) is 0 Å². The summed E-state index contributed by atoms with van der Waals surface area (Å²) in [6.07, 6.45) is 1.63. The number of anilines is 1. The van der Waals surface area contributed by atoms with Crippen LogP contribution < -0.4 is 10.6 Å². The number of methoxy groups -OCH3 is 1. The van der Waals surface area contributed by atoms with Crippen molar-refractivity contribution in [2.75, 3.05) is 32.1 Å². The average Bonchev–Trinajstić information content (AvgIpc) is 2.43. The molecule has 1 aliphatic rings. The summed E-state index contributed by atoms with van der Waals surface area (Å²) in [7, 11) is 1.65. The van der Waals surface area contributed by atoms with Crippen molar-refractivity contribution >= 4 is 46.6 Å². The summed E-state index contributed by atoms with van der Waals surface area (Å²) in [6, 6.07) is 7.84. The lowest BCUT2D eigenvalue weighted by Crippen LogP contribution is -2.47. The van der Waals surface area contributed by atoms with E-state index in [1.807, 2.05) is 24.3 Å². The average molecular weight is 411 g/mol. The van der Waals surface area contributed by atoms with E-state index in [0.717, 1.165) is 35.2 Å². The zero-order valence-corrected chi connectivity index (χ0v) is 14.4. The Bertz CT molecular complexity index is 428. The van der Waals surface area contributed by atoms with Crippen molar-refractivity contribution in [2.45, 2.75) is 12.8 Å². The summed E-state index contributed by atoms with van der Waals surface area (Å²) in [5.41, 5.74) is 0.447. The summed E-state index contributed by atoms with van der Waals surface area (Å²) in [6.45, 7) is 2.21. The van der Waals surface area contributed by atoms with Gasteiger partial charge in [0.2, 0.25) is 5.91 Å². The number of piperidine rings is 1. The fourth-order valence-electron chi connectivity index (χ4n) is 2.42. The van der Waals surface area contributed by atoms with Gasteiger partial charge in [0, 0.05) is 16.4 Å². The van der Waals surface area contributed by atoms with Crippen LogP contribution in [0.1, 0.15) is 12.8 Å². The van der Waals surface area contributed by atoms with Crippen molar-refractivity contribution in [1.82, 2.24) is 5.32 Å². The zero-order chi connectivity index (χ0) is 13.7. The highest BCUT2D eigenvalue weighted by Crippen LogP contribution is 2.30. The van der Waals surface area contributed by atoms with E-state index in [2.05, 4.69) is 33.2 Å². The van der Waals surface area contributed by atoms with E-state index in [9.17, 15) is 4.79 Å².